The minimum atomic E-state index is -0.684. The number of carboxylic acids is 1. The fraction of sp³-hybridized carbons (Fsp3) is 0.929. The molecule has 1 fully saturated rings. The Morgan fingerprint density at radius 1 is 1.39 bits per heavy atom. The van der Waals surface area contributed by atoms with Crippen LogP contribution in [0.1, 0.15) is 52.9 Å². The highest BCUT2D eigenvalue weighted by molar-refractivity contribution is 5.68. The number of nitrogens with zero attached hydrogens (tertiary/aromatic N) is 1. The third-order valence-electron chi connectivity index (χ3n) is 3.95. The molecule has 0 aromatic rings. The van der Waals surface area contributed by atoms with Gasteiger partial charge in [0.05, 0.1) is 6.42 Å². The number of aliphatic carboxylic acids is 1. The van der Waals surface area contributed by atoms with Crippen LogP contribution in [0.4, 0.5) is 0 Å². The minimum absolute atomic E-state index is 0.189. The van der Waals surface area contributed by atoms with Crippen molar-refractivity contribution in [3.8, 4) is 0 Å². The molecule has 1 aliphatic rings. The van der Waals surface area contributed by atoms with Gasteiger partial charge in [0.25, 0.3) is 0 Å². The van der Waals surface area contributed by atoms with Crippen LogP contribution in [-0.4, -0.2) is 47.2 Å². The fourth-order valence-electron chi connectivity index (χ4n) is 2.83. The van der Waals surface area contributed by atoms with Crippen LogP contribution >= 0.6 is 0 Å². The van der Waals surface area contributed by atoms with Gasteiger partial charge in [0.15, 0.2) is 0 Å². The van der Waals surface area contributed by atoms with Crippen LogP contribution < -0.4 is 5.32 Å². The van der Waals surface area contributed by atoms with Crippen molar-refractivity contribution in [3.63, 3.8) is 0 Å². The zero-order valence-electron chi connectivity index (χ0n) is 12.0. The van der Waals surface area contributed by atoms with E-state index in [0.717, 1.165) is 45.3 Å². The summed E-state index contributed by atoms with van der Waals surface area (Å²) in [5.74, 6) is -0.684. The molecule has 0 aromatic carbocycles. The lowest BCUT2D eigenvalue weighted by Crippen LogP contribution is -2.48. The summed E-state index contributed by atoms with van der Waals surface area (Å²) < 4.78 is 0. The average Bonchev–Trinajstić information content (AvgIpc) is 2.49. The molecule has 0 amide bonds. The lowest BCUT2D eigenvalue weighted by molar-refractivity contribution is -0.138. The summed E-state index contributed by atoms with van der Waals surface area (Å²) in [5, 5.41) is 12.7. The molecule has 0 radical (unpaired) electrons. The smallest absolute Gasteiger partial charge is 0.305 e. The Morgan fingerprint density at radius 3 is 2.67 bits per heavy atom. The van der Waals surface area contributed by atoms with Crippen LogP contribution in [-0.2, 0) is 4.79 Å². The molecule has 4 heteroatoms. The van der Waals surface area contributed by atoms with E-state index in [-0.39, 0.29) is 12.0 Å². The second kappa shape index (κ2) is 7.10. The largest absolute Gasteiger partial charge is 0.481 e. The van der Waals surface area contributed by atoms with Crippen LogP contribution in [0.3, 0.4) is 0 Å². The van der Waals surface area contributed by atoms with Gasteiger partial charge in [0.2, 0.25) is 0 Å². The van der Waals surface area contributed by atoms with Gasteiger partial charge in [-0.05, 0) is 52.6 Å². The van der Waals surface area contributed by atoms with Crippen LogP contribution in [0.15, 0.2) is 0 Å². The van der Waals surface area contributed by atoms with Gasteiger partial charge < -0.3 is 15.3 Å². The maximum Gasteiger partial charge on any atom is 0.305 e. The van der Waals surface area contributed by atoms with E-state index in [1.54, 1.807) is 0 Å². The predicted octanol–water partition coefficient (Wildman–Crippen LogP) is 2.09. The maximum absolute atomic E-state index is 11.1. The van der Waals surface area contributed by atoms with Crippen molar-refractivity contribution < 1.29 is 9.90 Å². The van der Waals surface area contributed by atoms with E-state index in [0.29, 0.717) is 6.04 Å². The van der Waals surface area contributed by atoms with E-state index < -0.39 is 5.97 Å². The average molecular weight is 256 g/mol. The molecule has 2 N–H and O–H groups in total. The molecule has 1 heterocycles. The van der Waals surface area contributed by atoms with Gasteiger partial charge in [0.1, 0.15) is 0 Å². The Balaban J connectivity index is 2.68. The molecule has 1 rings (SSSR count). The van der Waals surface area contributed by atoms with Crippen molar-refractivity contribution in [3.05, 3.63) is 0 Å². The zero-order valence-corrected chi connectivity index (χ0v) is 12.0. The van der Waals surface area contributed by atoms with Crippen LogP contribution in [0.25, 0.3) is 0 Å². The van der Waals surface area contributed by atoms with Crippen LogP contribution in [0, 0.1) is 0 Å². The SMILES string of the molecule is CCCNC1(CC(=O)O)CCCN(C(C)C)CC1. The molecule has 0 spiro atoms. The Labute approximate surface area is 111 Å². The van der Waals surface area contributed by atoms with Crippen molar-refractivity contribution in [1.29, 1.82) is 0 Å². The molecule has 0 aliphatic carbocycles. The number of nitrogens with one attached hydrogen (secondary N) is 1. The molecule has 1 atom stereocenters. The van der Waals surface area contributed by atoms with Crippen molar-refractivity contribution in [2.24, 2.45) is 0 Å². The Kier molecular flexibility index (Phi) is 6.09. The van der Waals surface area contributed by atoms with Gasteiger partial charge in [-0.15, -0.1) is 0 Å². The monoisotopic (exact) mass is 256 g/mol. The van der Waals surface area contributed by atoms with Gasteiger partial charge in [-0.2, -0.15) is 0 Å². The number of hydrogen-bond acceptors (Lipinski definition) is 3. The first kappa shape index (κ1) is 15.4. The Hall–Kier alpha value is -0.610. The highest BCUT2D eigenvalue weighted by Gasteiger charge is 2.34. The summed E-state index contributed by atoms with van der Waals surface area (Å²) in [7, 11) is 0. The van der Waals surface area contributed by atoms with E-state index in [1.165, 1.54) is 0 Å². The third-order valence-corrected chi connectivity index (χ3v) is 3.95. The summed E-state index contributed by atoms with van der Waals surface area (Å²) in [4.78, 5) is 13.6. The highest BCUT2D eigenvalue weighted by atomic mass is 16.4. The zero-order chi connectivity index (χ0) is 13.6. The standard InChI is InChI=1S/C14H28N2O2/c1-4-8-15-14(11-13(17)18)6-5-9-16(10-7-14)12(2)3/h12,15H,4-11H2,1-3H3,(H,17,18). The van der Waals surface area contributed by atoms with Crippen molar-refractivity contribution in [2.75, 3.05) is 19.6 Å². The molecule has 106 valence electrons. The quantitative estimate of drug-likeness (QED) is 0.764. The first-order chi connectivity index (χ1) is 8.49. The summed E-state index contributed by atoms with van der Waals surface area (Å²) in [5.41, 5.74) is -0.189. The molecule has 1 unspecified atom stereocenters. The molecule has 18 heavy (non-hydrogen) atoms. The number of rotatable bonds is 6. The second-order valence-corrected chi connectivity index (χ2v) is 5.76. The van der Waals surface area contributed by atoms with Crippen LogP contribution in [0.2, 0.25) is 0 Å². The number of carbonyl (C=O) groups is 1. The lowest BCUT2D eigenvalue weighted by Gasteiger charge is -2.33. The number of carboxylic acid groups (broad SMARTS) is 1. The Morgan fingerprint density at radius 2 is 2.11 bits per heavy atom. The molecule has 4 nitrogen and oxygen atoms in total. The number of likely N-dealkylation sites (tertiary alicyclic amines) is 1. The fourth-order valence-corrected chi connectivity index (χ4v) is 2.83. The molecular formula is C14H28N2O2. The van der Waals surface area contributed by atoms with Crippen molar-refractivity contribution in [2.45, 2.75) is 64.5 Å². The second-order valence-electron chi connectivity index (χ2n) is 5.76. The van der Waals surface area contributed by atoms with E-state index in [1.807, 2.05) is 0 Å². The molecule has 0 aromatic heterocycles. The normalized spacial score (nSPS) is 26.2. The predicted molar refractivity (Wildman–Crippen MR) is 73.8 cm³/mol. The first-order valence-corrected chi connectivity index (χ1v) is 7.20. The van der Waals surface area contributed by atoms with Gasteiger partial charge >= 0.3 is 5.97 Å². The molecule has 1 saturated heterocycles. The Bertz CT molecular complexity index is 269. The van der Waals surface area contributed by atoms with E-state index in [4.69, 9.17) is 5.11 Å². The third kappa shape index (κ3) is 4.58. The summed E-state index contributed by atoms with van der Waals surface area (Å²) in [6.45, 7) is 9.55. The van der Waals surface area contributed by atoms with E-state index in [9.17, 15) is 4.79 Å². The maximum atomic E-state index is 11.1. The lowest BCUT2D eigenvalue weighted by atomic mass is 9.87. The van der Waals surface area contributed by atoms with Crippen molar-refractivity contribution >= 4 is 5.97 Å². The summed E-state index contributed by atoms with van der Waals surface area (Å²) in [6, 6.07) is 0.553. The summed E-state index contributed by atoms with van der Waals surface area (Å²) in [6.07, 6.45) is 4.30. The first-order valence-electron chi connectivity index (χ1n) is 7.20. The van der Waals surface area contributed by atoms with Crippen LogP contribution in [0.5, 0.6) is 0 Å². The molecule has 0 saturated carbocycles. The van der Waals surface area contributed by atoms with Gasteiger partial charge in [0, 0.05) is 18.1 Å². The molecule has 1 aliphatic heterocycles. The summed E-state index contributed by atoms with van der Waals surface area (Å²) >= 11 is 0. The minimum Gasteiger partial charge on any atom is -0.481 e. The van der Waals surface area contributed by atoms with Gasteiger partial charge in [-0.1, -0.05) is 6.92 Å². The van der Waals surface area contributed by atoms with Crippen molar-refractivity contribution in [1.82, 2.24) is 10.2 Å². The number of hydrogen-bond donors (Lipinski definition) is 2. The topological polar surface area (TPSA) is 52.6 Å². The van der Waals surface area contributed by atoms with E-state index >= 15 is 0 Å². The molecule has 0 bridgehead atoms. The highest BCUT2D eigenvalue weighted by Crippen LogP contribution is 2.27. The van der Waals surface area contributed by atoms with Gasteiger partial charge in [-0.25, -0.2) is 0 Å². The van der Waals surface area contributed by atoms with E-state index in [2.05, 4.69) is 31.0 Å². The van der Waals surface area contributed by atoms with Gasteiger partial charge in [-0.3, -0.25) is 4.79 Å². The molecular weight excluding hydrogens is 228 g/mol.